The maximum Gasteiger partial charge on any atom is 0.156 e. The number of carbonyl (C=O) groups excluding carboxylic acids is 1. The molecule has 4 atom stereocenters. The van der Waals surface area contributed by atoms with Crippen LogP contribution in [0.25, 0.3) is 0 Å². The third-order valence-electron chi connectivity index (χ3n) is 7.68. The first-order valence-corrected chi connectivity index (χ1v) is 10.1. The zero-order chi connectivity index (χ0) is 17.7. The number of allylic oxidation sites excluding steroid dienone is 4. The smallest absolute Gasteiger partial charge is 0.156 e. The topological polar surface area (TPSA) is 37.3 Å². The lowest BCUT2D eigenvalue weighted by Gasteiger charge is -2.53. The fourth-order valence-corrected chi connectivity index (χ4v) is 6.77. The Hall–Kier alpha value is -1.37. The molecule has 0 saturated heterocycles. The average molecular weight is 338 g/mol. The van der Waals surface area contributed by atoms with Gasteiger partial charge in [-0.05, 0) is 86.5 Å². The SMILES string of the molecule is C=C=C[C@]1(O)CC[C@H]2[C@@H]3CCC4=CC(=O)CCC4=C3CCC21CCC. The van der Waals surface area contributed by atoms with Gasteiger partial charge < -0.3 is 5.11 Å². The largest absolute Gasteiger partial charge is 0.385 e. The van der Waals surface area contributed by atoms with Gasteiger partial charge in [-0.25, -0.2) is 0 Å². The van der Waals surface area contributed by atoms with Crippen molar-refractivity contribution in [3.8, 4) is 0 Å². The average Bonchev–Trinajstić information content (AvgIpc) is 2.88. The van der Waals surface area contributed by atoms with Crippen molar-refractivity contribution in [2.24, 2.45) is 17.3 Å². The molecule has 25 heavy (non-hydrogen) atoms. The van der Waals surface area contributed by atoms with Gasteiger partial charge in [0.25, 0.3) is 0 Å². The Balaban J connectivity index is 1.76. The van der Waals surface area contributed by atoms with E-state index in [0.29, 0.717) is 24.0 Å². The quantitative estimate of drug-likeness (QED) is 0.732. The lowest BCUT2D eigenvalue weighted by atomic mass is 9.53. The summed E-state index contributed by atoms with van der Waals surface area (Å²) in [6, 6.07) is 0. The zero-order valence-electron chi connectivity index (χ0n) is 15.4. The monoisotopic (exact) mass is 338 g/mol. The van der Waals surface area contributed by atoms with Gasteiger partial charge in [0.1, 0.15) is 0 Å². The molecule has 2 heteroatoms. The molecule has 2 fully saturated rings. The first-order chi connectivity index (χ1) is 12.0. The number of ketones is 1. The maximum atomic E-state index is 11.8. The van der Waals surface area contributed by atoms with E-state index in [1.807, 2.05) is 12.2 Å². The van der Waals surface area contributed by atoms with Gasteiger partial charge in [0.2, 0.25) is 0 Å². The first kappa shape index (κ1) is 17.1. The fraction of sp³-hybridized carbons (Fsp3) is 0.652. The van der Waals surface area contributed by atoms with Crippen LogP contribution >= 0.6 is 0 Å². The summed E-state index contributed by atoms with van der Waals surface area (Å²) < 4.78 is 0. The third kappa shape index (κ3) is 2.38. The highest BCUT2D eigenvalue weighted by atomic mass is 16.3. The van der Waals surface area contributed by atoms with E-state index in [9.17, 15) is 9.90 Å². The van der Waals surface area contributed by atoms with Gasteiger partial charge in [0.15, 0.2) is 5.78 Å². The molecular formula is C23H30O2. The van der Waals surface area contributed by atoms with Crippen molar-refractivity contribution in [3.05, 3.63) is 41.2 Å². The molecule has 4 rings (SSSR count). The summed E-state index contributed by atoms with van der Waals surface area (Å²) in [5.41, 5.74) is 6.63. The van der Waals surface area contributed by atoms with Gasteiger partial charge in [0, 0.05) is 11.8 Å². The predicted molar refractivity (Wildman–Crippen MR) is 100 cm³/mol. The van der Waals surface area contributed by atoms with E-state index < -0.39 is 5.60 Å². The fourth-order valence-electron chi connectivity index (χ4n) is 6.77. The molecule has 0 aromatic heterocycles. The zero-order valence-corrected chi connectivity index (χ0v) is 15.4. The molecule has 0 spiro atoms. The minimum Gasteiger partial charge on any atom is -0.385 e. The van der Waals surface area contributed by atoms with Gasteiger partial charge in [-0.1, -0.05) is 25.5 Å². The van der Waals surface area contributed by atoms with E-state index in [0.717, 1.165) is 57.8 Å². The van der Waals surface area contributed by atoms with Crippen LogP contribution in [0.3, 0.4) is 0 Å². The van der Waals surface area contributed by atoms with Crippen LogP contribution in [0.5, 0.6) is 0 Å². The van der Waals surface area contributed by atoms with Crippen molar-refractivity contribution in [1.82, 2.24) is 0 Å². The van der Waals surface area contributed by atoms with E-state index in [2.05, 4.69) is 19.2 Å². The number of aliphatic hydroxyl groups is 1. The van der Waals surface area contributed by atoms with Gasteiger partial charge in [-0.3, -0.25) is 4.79 Å². The van der Waals surface area contributed by atoms with E-state index in [1.54, 1.807) is 5.57 Å². The molecule has 0 aromatic carbocycles. The van der Waals surface area contributed by atoms with Crippen LogP contribution in [-0.2, 0) is 4.79 Å². The maximum absolute atomic E-state index is 11.8. The molecule has 1 N–H and O–H groups in total. The second kappa shape index (κ2) is 6.11. The minimum absolute atomic E-state index is 0.00707. The van der Waals surface area contributed by atoms with Gasteiger partial charge >= 0.3 is 0 Å². The Labute approximate surface area is 151 Å². The van der Waals surface area contributed by atoms with Crippen LogP contribution in [0.15, 0.2) is 41.2 Å². The van der Waals surface area contributed by atoms with Crippen molar-refractivity contribution < 1.29 is 9.90 Å². The molecule has 0 radical (unpaired) electrons. The Bertz CT molecular complexity index is 706. The summed E-state index contributed by atoms with van der Waals surface area (Å²) in [4.78, 5) is 11.8. The molecule has 0 heterocycles. The highest BCUT2D eigenvalue weighted by Gasteiger charge is 2.61. The van der Waals surface area contributed by atoms with E-state index in [-0.39, 0.29) is 5.41 Å². The molecule has 2 saturated carbocycles. The van der Waals surface area contributed by atoms with Crippen molar-refractivity contribution >= 4 is 5.78 Å². The molecular weight excluding hydrogens is 308 g/mol. The van der Waals surface area contributed by atoms with Crippen molar-refractivity contribution in [3.63, 3.8) is 0 Å². The summed E-state index contributed by atoms with van der Waals surface area (Å²) in [6.07, 6.45) is 13.9. The molecule has 0 aromatic rings. The van der Waals surface area contributed by atoms with Gasteiger partial charge in [-0.2, -0.15) is 0 Å². The van der Waals surface area contributed by atoms with Crippen LogP contribution in [-0.4, -0.2) is 16.5 Å². The van der Waals surface area contributed by atoms with Gasteiger partial charge in [0.05, 0.1) is 5.60 Å². The number of hydrogen-bond acceptors (Lipinski definition) is 2. The van der Waals surface area contributed by atoms with Crippen LogP contribution in [0.4, 0.5) is 0 Å². The predicted octanol–water partition coefficient (Wildman–Crippen LogP) is 5.04. The van der Waals surface area contributed by atoms with Crippen LogP contribution in [0.1, 0.15) is 71.1 Å². The van der Waals surface area contributed by atoms with E-state index in [1.165, 1.54) is 11.1 Å². The van der Waals surface area contributed by atoms with E-state index in [4.69, 9.17) is 0 Å². The summed E-state index contributed by atoms with van der Waals surface area (Å²) in [5.74, 6) is 1.48. The second-order valence-electron chi connectivity index (χ2n) is 8.61. The lowest BCUT2D eigenvalue weighted by Crippen LogP contribution is -2.50. The minimum atomic E-state index is -0.732. The van der Waals surface area contributed by atoms with Crippen molar-refractivity contribution in [2.45, 2.75) is 76.7 Å². The lowest BCUT2D eigenvalue weighted by molar-refractivity contribution is -0.114. The highest BCUT2D eigenvalue weighted by Crippen LogP contribution is 2.65. The van der Waals surface area contributed by atoms with Crippen LogP contribution in [0.2, 0.25) is 0 Å². The standard InChI is InChI=1S/C23H30O2/c1-3-11-22-13-9-19-18-8-6-17(24)15-16(18)5-7-20(19)21(22)10-14-23(22,25)12-4-2/h12,15,20-21,25H,2-3,5-11,13-14H2,1H3/t20-,21+,22?,23+/m1/s1. The third-order valence-corrected chi connectivity index (χ3v) is 7.68. The molecule has 0 amide bonds. The Morgan fingerprint density at radius 3 is 2.88 bits per heavy atom. The summed E-state index contributed by atoms with van der Waals surface area (Å²) in [7, 11) is 0. The number of carbonyl (C=O) groups is 1. The summed E-state index contributed by atoms with van der Waals surface area (Å²) >= 11 is 0. The van der Waals surface area contributed by atoms with Gasteiger partial charge in [-0.15, -0.1) is 5.73 Å². The van der Waals surface area contributed by atoms with Crippen LogP contribution < -0.4 is 0 Å². The number of rotatable bonds is 3. The van der Waals surface area contributed by atoms with Crippen molar-refractivity contribution in [1.29, 1.82) is 0 Å². The first-order valence-electron chi connectivity index (χ1n) is 10.1. The Kier molecular flexibility index (Phi) is 4.17. The summed E-state index contributed by atoms with van der Waals surface area (Å²) in [5, 5.41) is 11.5. The molecule has 1 unspecified atom stereocenters. The normalized spacial score (nSPS) is 39.9. The molecule has 2 nitrogen and oxygen atoms in total. The number of hydrogen-bond donors (Lipinski definition) is 1. The Morgan fingerprint density at radius 1 is 1.28 bits per heavy atom. The second-order valence-corrected chi connectivity index (χ2v) is 8.61. The molecule has 134 valence electrons. The Morgan fingerprint density at radius 2 is 2.12 bits per heavy atom. The molecule has 0 bridgehead atoms. The van der Waals surface area contributed by atoms with Crippen LogP contribution in [0, 0.1) is 17.3 Å². The summed E-state index contributed by atoms with van der Waals surface area (Å²) in [6.45, 7) is 5.99. The number of fused-ring (bicyclic) bond motifs is 4. The van der Waals surface area contributed by atoms with Crippen molar-refractivity contribution in [2.75, 3.05) is 0 Å². The molecule has 4 aliphatic rings. The van der Waals surface area contributed by atoms with E-state index >= 15 is 0 Å². The molecule has 0 aliphatic heterocycles. The highest BCUT2D eigenvalue weighted by molar-refractivity contribution is 5.93. The molecule has 4 aliphatic carbocycles.